The lowest BCUT2D eigenvalue weighted by molar-refractivity contribution is -0.0328. The van der Waals surface area contributed by atoms with Crippen molar-refractivity contribution in [2.45, 2.75) is 136 Å². The van der Waals surface area contributed by atoms with Crippen LogP contribution in [0, 0.1) is 41.3 Å². The monoisotopic (exact) mass is 2160 g/mol. The molecule has 16 rings (SSSR count). The first-order chi connectivity index (χ1) is 69.0. The third kappa shape index (κ3) is 31.0. The Kier molecular flexibility index (Phi) is 37.1. The van der Waals surface area contributed by atoms with Crippen molar-refractivity contribution < 1.29 is 132 Å². The number of Topliss-reactive ketones (excluding diaryl/α,β-unsaturated/α-hetero) is 1. The minimum Gasteiger partial charge on any atom is -0.390 e. The molecule has 4 aliphatic carbocycles. The number of nitrogens with one attached hydrogen (secondary N) is 2. The molecule has 778 valence electrons. The quantitative estimate of drug-likeness (QED) is 0.0143. The molecule has 0 amide bonds. The molecule has 0 radical (unpaired) electrons. The van der Waals surface area contributed by atoms with Gasteiger partial charge in [0.2, 0.25) is 17.3 Å². The number of aliphatic hydroxyl groups excluding tert-OH is 7. The predicted molar refractivity (Wildman–Crippen MR) is 509 cm³/mol. The van der Waals surface area contributed by atoms with Crippen molar-refractivity contribution in [3.63, 3.8) is 0 Å². The first-order valence-corrected chi connectivity index (χ1v) is 51.5. The van der Waals surface area contributed by atoms with Crippen LogP contribution in [0.1, 0.15) is 128 Å². The second kappa shape index (κ2) is 48.7. The van der Waals surface area contributed by atoms with Crippen LogP contribution < -0.4 is 31.2 Å². The van der Waals surface area contributed by atoms with Gasteiger partial charge in [-0.1, -0.05) is 83.9 Å². The smallest absolute Gasteiger partial charge is 0.390 e. The first-order valence-electron chi connectivity index (χ1n) is 44.0. The summed E-state index contributed by atoms with van der Waals surface area (Å²) in [6.45, 7) is -0.819. The van der Waals surface area contributed by atoms with E-state index < -0.39 is 180 Å². The van der Waals surface area contributed by atoms with Crippen molar-refractivity contribution >= 4 is 117 Å². The number of thioether (sulfide) groups is 1. The Morgan fingerprint density at radius 1 is 0.452 bits per heavy atom. The molecule has 8 aromatic heterocycles. The van der Waals surface area contributed by atoms with Gasteiger partial charge in [-0.2, -0.15) is 62.1 Å². The van der Waals surface area contributed by atoms with Gasteiger partial charge in [0.05, 0.1) is 127 Å². The molecule has 0 bridgehead atoms. The minimum atomic E-state index is -4.50. The summed E-state index contributed by atoms with van der Waals surface area (Å²) in [6, 6.07) is 32.4. The number of carbonyl (C=O) groups excluding carboxylic acids is 5. The lowest BCUT2D eigenvalue weighted by Crippen LogP contribution is -2.36. The number of aliphatic hydroxyl groups is 7. The fourth-order valence-corrected chi connectivity index (χ4v) is 19.4. The first kappa shape index (κ1) is 111. The van der Waals surface area contributed by atoms with Gasteiger partial charge in [0.1, 0.15) is 66.5 Å². The van der Waals surface area contributed by atoms with E-state index in [1.165, 1.54) is 119 Å². The molecule has 0 unspecified atom stereocenters. The van der Waals surface area contributed by atoms with E-state index in [0.717, 1.165) is 5.56 Å². The highest BCUT2D eigenvalue weighted by molar-refractivity contribution is 8.00. The number of hydrogen-bond acceptors (Lipinski definition) is 37. The SMILES string of the molecule is NS(=O)(=O)OC[C@H]1C[C@@H](Cc2ncncc2C(=O)c2ccn(Cc3ccc(Cl)c(SC(F)(F)F)c3)n2)[C@H](O)[C@@H]1O.NS(=O)(=O)OC[C@H]1C[C@@H](Cc2ncncc2C(=O)c2ccn(Cc3cccc(F)c3)n2)[C@H](O)[C@@H]1O.NS(=O)(=O)OC[C@H]1C[C@@H](Nc2ccncc2C(=O)c2ccn(Cc3cccc(Cl)c3)c2)[C@@H](F)[C@@H]1O.NS(=O)(=O)OC[C@H]1C[C@@H](Nc2ncncc2C(=O)c2ccn(CC(=O)c3ccccc3)n2)[C@H](O)[C@@H]1O. The molecular weight excluding hydrogens is 2070 g/mol. The Morgan fingerprint density at radius 3 is 1.44 bits per heavy atom. The van der Waals surface area contributed by atoms with Crippen LogP contribution in [0.5, 0.6) is 0 Å². The van der Waals surface area contributed by atoms with Gasteiger partial charge >= 0.3 is 46.7 Å². The standard InChI is InChI=1S/C23H23ClF3N5O6S2.C23H24ClFN4O5S.C22H24FN5O6S.C22H24N6O7S/c24-16-2-1-12(5-19(16)39-23(25,26)27)9-32-4-3-17(31-32)22(35)15-8-29-11-30-18(15)7-13-6-14(21(34)20(13)33)10-38-40(28,36)37;24-17-3-1-2-14(8-17)11-29-7-5-15(12-29)22(30)18-10-27-6-4-19(18)28-20-9-16(23(31)21(20)25)13-34-35(26,32)33;23-16-3-1-2-13(6-16)10-28-5-4-18(27-28)22(31)17-9-25-12-26-19(17)8-14-7-15(21(30)20(14)29)11-34-35(24,32)33;23-36(33,34)35-11-14-8-17(21(32)19(14)30)26-22-15(9-24-12-25-22)20(31)16-6-7-28(27-16)10-18(29)13-4-2-1-3-5-13/h1-5,8,11,13-14,20-21,33-34H,6-7,9-10H2,(H2,28,36,37);1-8,10,12,16,20-21,23,31H,9,11,13H2,(H,27,28)(H2,26,32,33);1-6,9,12,14-15,20-21,29-30H,7-8,10-11H2,(H2,24,32,33);1-7,9,12,14,17,19,21,30,32H,8,10-11H2,(H2,23,33,34)(H,24,25,26)/t13-,14+,20-,21+;16-,20-,21-,23-;14-,15+,20-,21+;14-,17-,19-,21+/m0101/s1. The molecule has 44 nitrogen and oxygen atoms in total. The Labute approximate surface area is 844 Å². The second-order valence-corrected chi connectivity index (χ2v) is 41.2. The maximum atomic E-state index is 14.8. The maximum Gasteiger partial charge on any atom is 0.446 e. The van der Waals surface area contributed by atoms with Gasteiger partial charge in [-0.15, -0.1) is 0 Å². The van der Waals surface area contributed by atoms with Crippen molar-refractivity contribution in [1.29, 1.82) is 0 Å². The molecule has 4 aliphatic rings. The average molecular weight is 2170 g/mol. The number of aromatic nitrogens is 14. The summed E-state index contributed by atoms with van der Waals surface area (Å²) in [5, 5.41) is 111. The topological polar surface area (TPSA) is 677 Å². The van der Waals surface area contributed by atoms with E-state index in [-0.39, 0.29) is 155 Å². The van der Waals surface area contributed by atoms with E-state index in [9.17, 15) is 115 Å². The van der Waals surface area contributed by atoms with Crippen molar-refractivity contribution in [2.75, 3.05) is 37.1 Å². The van der Waals surface area contributed by atoms with Crippen molar-refractivity contribution in [3.8, 4) is 0 Å². The molecule has 4 saturated carbocycles. The van der Waals surface area contributed by atoms with Gasteiger partial charge in [-0.05, 0) is 146 Å². The normalized spacial score (nSPS) is 22.0. The molecule has 0 spiro atoms. The van der Waals surface area contributed by atoms with E-state index in [4.69, 9.17) is 43.8 Å². The number of halogens is 7. The van der Waals surface area contributed by atoms with Crippen LogP contribution in [0.2, 0.25) is 10.0 Å². The van der Waals surface area contributed by atoms with Crippen LogP contribution in [0.4, 0.5) is 33.5 Å². The number of benzene rings is 4. The third-order valence-corrected chi connectivity index (χ3v) is 27.3. The van der Waals surface area contributed by atoms with Crippen molar-refractivity contribution in [3.05, 3.63) is 303 Å². The summed E-state index contributed by atoms with van der Waals surface area (Å²) < 4.78 is 179. The van der Waals surface area contributed by atoms with Gasteiger partial charge < -0.3 is 50.9 Å². The van der Waals surface area contributed by atoms with Crippen LogP contribution in [0.25, 0.3) is 0 Å². The van der Waals surface area contributed by atoms with Crippen molar-refractivity contribution in [1.82, 2.24) is 68.8 Å². The Bertz CT molecular complexity index is 6940. The zero-order chi connectivity index (χ0) is 105. The van der Waals surface area contributed by atoms with Crippen LogP contribution in [-0.2, 0) is 97.0 Å². The molecule has 17 N–H and O–H groups in total. The number of alkyl halides is 4. The summed E-state index contributed by atoms with van der Waals surface area (Å²) in [4.78, 5) is 93.3. The molecule has 56 heteroatoms. The molecule has 8 heterocycles. The number of hydrogen-bond donors (Lipinski definition) is 13. The van der Waals surface area contributed by atoms with Crippen molar-refractivity contribution in [2.24, 2.45) is 56.1 Å². The summed E-state index contributed by atoms with van der Waals surface area (Å²) in [5.41, 5.74) is 0.387. The highest BCUT2D eigenvalue weighted by Crippen LogP contribution is 2.43. The molecule has 12 aromatic rings. The van der Waals surface area contributed by atoms with Crippen LogP contribution in [0.15, 0.2) is 213 Å². The largest absolute Gasteiger partial charge is 0.446 e. The van der Waals surface area contributed by atoms with Crippen LogP contribution in [0.3, 0.4) is 0 Å². The molecule has 146 heavy (non-hydrogen) atoms. The van der Waals surface area contributed by atoms with E-state index >= 15 is 0 Å². The molecular formula is C90H95Cl2F5N20O24S5. The summed E-state index contributed by atoms with van der Waals surface area (Å²) in [5.74, 6) is -6.20. The van der Waals surface area contributed by atoms with Gasteiger partial charge in [-0.25, -0.2) is 59.2 Å². The number of carbonyl (C=O) groups is 5. The highest BCUT2D eigenvalue weighted by Gasteiger charge is 2.48. The van der Waals surface area contributed by atoms with Crippen LogP contribution >= 0.6 is 35.0 Å². The zero-order valence-corrected chi connectivity index (χ0v) is 81.7. The van der Waals surface area contributed by atoms with Gasteiger partial charge in [0.15, 0.2) is 11.6 Å². The number of nitrogens with two attached hydrogens (primary N) is 4. The average Bonchev–Trinajstić information content (AvgIpc) is 1.67. The van der Waals surface area contributed by atoms with E-state index in [2.05, 4.69) is 77.5 Å². The van der Waals surface area contributed by atoms with E-state index in [1.807, 2.05) is 22.8 Å². The van der Waals surface area contributed by atoms with Gasteiger partial charge in [-0.3, -0.25) is 59.7 Å². The molecule has 4 fully saturated rings. The van der Waals surface area contributed by atoms with E-state index in [0.29, 0.717) is 45.2 Å². The Balaban J connectivity index is 0.000000163. The molecule has 16 atom stereocenters. The Hall–Kier alpha value is -12.1. The Morgan fingerprint density at radius 2 is 0.911 bits per heavy atom. The lowest BCUT2D eigenvalue weighted by Gasteiger charge is -2.19. The van der Waals surface area contributed by atoms with Gasteiger partial charge in [0.25, 0.3) is 0 Å². The maximum absolute atomic E-state index is 14.8. The number of anilines is 2. The molecule has 4 aromatic carbocycles. The number of ketones is 5. The fourth-order valence-electron chi connectivity index (χ4n) is 16.9. The van der Waals surface area contributed by atoms with E-state index in [1.54, 1.807) is 85.3 Å². The third-order valence-electron chi connectivity index (χ3n) is 23.9. The zero-order valence-electron chi connectivity index (χ0n) is 76.1. The van der Waals surface area contributed by atoms with Crippen LogP contribution in [-0.4, -0.2) is 260 Å². The molecule has 0 aliphatic heterocycles. The second-order valence-electron chi connectivity index (χ2n) is 34.3. The summed E-state index contributed by atoms with van der Waals surface area (Å²) in [7, 11) is -16.8. The predicted octanol–water partition coefficient (Wildman–Crippen LogP) is 4.61. The number of pyridine rings is 1. The fraction of sp³-hybridized carbons (Fsp3) is 0.344. The molecule has 0 saturated heterocycles. The number of nitrogens with zero attached hydrogens (tertiary/aromatic N) is 14. The lowest BCUT2D eigenvalue weighted by atomic mass is 9.95. The summed E-state index contributed by atoms with van der Waals surface area (Å²) >= 11 is 11.6. The highest BCUT2D eigenvalue weighted by atomic mass is 35.5. The summed E-state index contributed by atoms with van der Waals surface area (Å²) in [6.07, 6.45) is 8.75. The van der Waals surface area contributed by atoms with Gasteiger partial charge in [0, 0.05) is 119 Å². The number of rotatable bonds is 38. The minimum absolute atomic E-state index is 0.0290.